The van der Waals surface area contributed by atoms with Crippen LogP contribution in [0.1, 0.15) is 46.5 Å². The predicted molar refractivity (Wildman–Crippen MR) is 65.6 cm³/mol. The van der Waals surface area contributed by atoms with Gasteiger partial charge in [0.25, 0.3) is 0 Å². The Balaban J connectivity index is 2.63. The van der Waals surface area contributed by atoms with Gasteiger partial charge in [-0.2, -0.15) is 0 Å². The van der Waals surface area contributed by atoms with Crippen LogP contribution in [0.4, 0.5) is 0 Å². The van der Waals surface area contributed by atoms with E-state index in [2.05, 4.69) is 6.92 Å². The van der Waals surface area contributed by atoms with Crippen LogP contribution in [0.15, 0.2) is 0 Å². The highest BCUT2D eigenvalue weighted by Gasteiger charge is 2.33. The topological polar surface area (TPSA) is 57.6 Å². The van der Waals surface area contributed by atoms with Crippen molar-refractivity contribution in [2.24, 2.45) is 11.8 Å². The lowest BCUT2D eigenvalue weighted by molar-refractivity contribution is -0.141. The summed E-state index contributed by atoms with van der Waals surface area (Å²) >= 11 is 0. The Labute approximate surface area is 103 Å². The molecule has 2 atom stereocenters. The Hall–Kier alpha value is -1.06. The molecule has 0 radical (unpaired) electrons. The molecule has 0 aromatic rings. The molecule has 0 saturated heterocycles. The maximum atomic E-state index is 12.3. The van der Waals surface area contributed by atoms with Gasteiger partial charge in [-0.3, -0.25) is 9.59 Å². The summed E-state index contributed by atoms with van der Waals surface area (Å²) in [5.41, 5.74) is 0. The molecule has 4 heteroatoms. The van der Waals surface area contributed by atoms with Crippen molar-refractivity contribution in [1.82, 2.24) is 4.90 Å². The molecule has 0 heterocycles. The van der Waals surface area contributed by atoms with E-state index < -0.39 is 5.97 Å². The minimum absolute atomic E-state index is 0.0328. The average molecular weight is 241 g/mol. The van der Waals surface area contributed by atoms with E-state index in [9.17, 15) is 9.59 Å². The van der Waals surface area contributed by atoms with Crippen LogP contribution in [0.2, 0.25) is 0 Å². The van der Waals surface area contributed by atoms with E-state index in [1.165, 1.54) is 0 Å². The lowest BCUT2D eigenvalue weighted by Gasteiger charge is -2.30. The highest BCUT2D eigenvalue weighted by molar-refractivity contribution is 5.80. The normalized spacial score (nSPS) is 24.0. The van der Waals surface area contributed by atoms with Crippen LogP contribution in [0, 0.1) is 11.8 Å². The van der Waals surface area contributed by atoms with Gasteiger partial charge in [0.05, 0.1) is 6.42 Å². The second kappa shape index (κ2) is 6.03. The second-order valence-electron chi connectivity index (χ2n) is 5.28. The van der Waals surface area contributed by atoms with Crippen molar-refractivity contribution in [1.29, 1.82) is 0 Å². The summed E-state index contributed by atoms with van der Waals surface area (Å²) in [7, 11) is 0. The van der Waals surface area contributed by atoms with E-state index in [0.717, 1.165) is 19.3 Å². The van der Waals surface area contributed by atoms with Crippen molar-refractivity contribution in [3.05, 3.63) is 0 Å². The van der Waals surface area contributed by atoms with Gasteiger partial charge in [0.1, 0.15) is 0 Å². The summed E-state index contributed by atoms with van der Waals surface area (Å²) in [6.45, 7) is 6.33. The number of carboxylic acids is 1. The molecule has 1 N–H and O–H groups in total. The van der Waals surface area contributed by atoms with Gasteiger partial charge in [-0.25, -0.2) is 0 Å². The summed E-state index contributed by atoms with van der Waals surface area (Å²) < 4.78 is 0. The molecule has 1 saturated carbocycles. The molecule has 17 heavy (non-hydrogen) atoms. The first-order chi connectivity index (χ1) is 7.93. The van der Waals surface area contributed by atoms with Gasteiger partial charge in [-0.05, 0) is 32.6 Å². The van der Waals surface area contributed by atoms with Crippen LogP contribution in [0.25, 0.3) is 0 Å². The monoisotopic (exact) mass is 241 g/mol. The molecule has 98 valence electrons. The van der Waals surface area contributed by atoms with Crippen LogP contribution in [-0.2, 0) is 9.59 Å². The maximum absolute atomic E-state index is 12.3. The molecule has 4 nitrogen and oxygen atoms in total. The summed E-state index contributed by atoms with van der Waals surface area (Å²) in [6, 6.07) is 0.0784. The van der Waals surface area contributed by atoms with Crippen molar-refractivity contribution in [2.75, 3.05) is 6.54 Å². The highest BCUT2D eigenvalue weighted by atomic mass is 16.4. The number of carbonyl (C=O) groups excluding carboxylic acids is 1. The number of carboxylic acid groups (broad SMARTS) is 1. The van der Waals surface area contributed by atoms with Crippen LogP contribution in [0.5, 0.6) is 0 Å². The molecule has 0 aromatic carbocycles. The fourth-order valence-corrected chi connectivity index (χ4v) is 2.56. The van der Waals surface area contributed by atoms with Crippen molar-refractivity contribution < 1.29 is 14.7 Å². The van der Waals surface area contributed by atoms with E-state index in [-0.39, 0.29) is 24.3 Å². The zero-order chi connectivity index (χ0) is 13.0. The third kappa shape index (κ3) is 3.72. The molecule has 2 unspecified atom stereocenters. The zero-order valence-electron chi connectivity index (χ0n) is 11.0. The first-order valence-corrected chi connectivity index (χ1v) is 6.45. The third-order valence-corrected chi connectivity index (χ3v) is 3.65. The van der Waals surface area contributed by atoms with Gasteiger partial charge < -0.3 is 10.0 Å². The molecule has 0 spiro atoms. The molecule has 1 rings (SSSR count). The fraction of sp³-hybridized carbons (Fsp3) is 0.846. The van der Waals surface area contributed by atoms with E-state index in [1.54, 1.807) is 4.90 Å². The second-order valence-corrected chi connectivity index (χ2v) is 5.28. The van der Waals surface area contributed by atoms with E-state index in [0.29, 0.717) is 12.5 Å². The summed E-state index contributed by atoms with van der Waals surface area (Å²) in [4.78, 5) is 24.7. The molecule has 0 aromatic heterocycles. The minimum atomic E-state index is -0.845. The van der Waals surface area contributed by atoms with Crippen molar-refractivity contribution in [3.63, 3.8) is 0 Å². The fourth-order valence-electron chi connectivity index (χ4n) is 2.56. The molecule has 1 amide bonds. The van der Waals surface area contributed by atoms with Crippen LogP contribution < -0.4 is 0 Å². The highest BCUT2D eigenvalue weighted by Crippen LogP contribution is 2.33. The van der Waals surface area contributed by atoms with Crippen LogP contribution >= 0.6 is 0 Å². The quantitative estimate of drug-likeness (QED) is 0.802. The summed E-state index contributed by atoms with van der Waals surface area (Å²) in [5.74, 6) is -0.158. The summed E-state index contributed by atoms with van der Waals surface area (Å²) in [5, 5.41) is 8.71. The summed E-state index contributed by atoms with van der Waals surface area (Å²) in [6.07, 6.45) is 3.21. The van der Waals surface area contributed by atoms with Crippen LogP contribution in [-0.4, -0.2) is 34.5 Å². The molecular weight excluding hydrogens is 218 g/mol. The number of aliphatic carboxylic acids is 1. The van der Waals surface area contributed by atoms with E-state index >= 15 is 0 Å². The average Bonchev–Trinajstić information content (AvgIpc) is 2.63. The standard InChI is InChI=1S/C13H23NO3/c1-9(2)14(8-7-12(15)16)13(17)11-6-4-5-10(11)3/h9-11H,4-8H2,1-3H3,(H,15,16). The molecule has 0 bridgehead atoms. The van der Waals surface area contributed by atoms with Gasteiger partial charge in [0, 0.05) is 18.5 Å². The Bertz CT molecular complexity index is 288. The van der Waals surface area contributed by atoms with E-state index in [1.807, 2.05) is 13.8 Å². The van der Waals surface area contributed by atoms with Gasteiger partial charge >= 0.3 is 5.97 Å². The zero-order valence-corrected chi connectivity index (χ0v) is 11.0. The molecule has 1 aliphatic carbocycles. The number of nitrogens with zero attached hydrogens (tertiary/aromatic N) is 1. The van der Waals surface area contributed by atoms with Gasteiger partial charge in [-0.1, -0.05) is 13.3 Å². The Morgan fingerprint density at radius 2 is 2.00 bits per heavy atom. The van der Waals surface area contributed by atoms with Crippen LogP contribution in [0.3, 0.4) is 0 Å². The number of carbonyl (C=O) groups is 2. The van der Waals surface area contributed by atoms with Gasteiger partial charge in [0.2, 0.25) is 5.91 Å². The minimum Gasteiger partial charge on any atom is -0.481 e. The van der Waals surface area contributed by atoms with Gasteiger partial charge in [-0.15, -0.1) is 0 Å². The molecule has 0 aliphatic heterocycles. The lowest BCUT2D eigenvalue weighted by Crippen LogP contribution is -2.42. The van der Waals surface area contributed by atoms with Gasteiger partial charge in [0.15, 0.2) is 0 Å². The first kappa shape index (κ1) is 14.0. The predicted octanol–water partition coefficient (Wildman–Crippen LogP) is 2.13. The Morgan fingerprint density at radius 3 is 2.41 bits per heavy atom. The molecular formula is C13H23NO3. The third-order valence-electron chi connectivity index (χ3n) is 3.65. The molecule has 1 aliphatic rings. The Morgan fingerprint density at radius 1 is 1.35 bits per heavy atom. The smallest absolute Gasteiger partial charge is 0.305 e. The van der Waals surface area contributed by atoms with Crippen molar-refractivity contribution >= 4 is 11.9 Å². The van der Waals surface area contributed by atoms with E-state index in [4.69, 9.17) is 5.11 Å². The van der Waals surface area contributed by atoms with Crippen molar-refractivity contribution in [3.8, 4) is 0 Å². The largest absolute Gasteiger partial charge is 0.481 e. The first-order valence-electron chi connectivity index (χ1n) is 6.45. The SMILES string of the molecule is CC1CCCC1C(=O)N(CCC(=O)O)C(C)C. The number of hydrogen-bond acceptors (Lipinski definition) is 2. The number of hydrogen-bond donors (Lipinski definition) is 1. The lowest BCUT2D eigenvalue weighted by atomic mass is 9.96. The van der Waals surface area contributed by atoms with Crippen molar-refractivity contribution in [2.45, 2.75) is 52.5 Å². The number of rotatable bonds is 5. The molecule has 1 fully saturated rings. The Kier molecular flexibility index (Phi) is 4.97. The number of amides is 1. The maximum Gasteiger partial charge on any atom is 0.305 e.